The van der Waals surface area contributed by atoms with E-state index in [9.17, 15) is 0 Å². The molecule has 86 valence electrons. The van der Waals surface area contributed by atoms with Gasteiger partial charge in [-0.2, -0.15) is 0 Å². The Hall–Kier alpha value is -1.03. The lowest BCUT2D eigenvalue weighted by Crippen LogP contribution is -2.22. The molecule has 0 radical (unpaired) electrons. The van der Waals surface area contributed by atoms with Crippen molar-refractivity contribution in [1.82, 2.24) is 14.7 Å². The summed E-state index contributed by atoms with van der Waals surface area (Å²) in [5, 5.41) is 4.42. The van der Waals surface area contributed by atoms with Gasteiger partial charge in [0.1, 0.15) is 0 Å². The first-order valence-corrected chi connectivity index (χ1v) is 5.37. The van der Waals surface area contributed by atoms with Gasteiger partial charge >= 0.3 is 0 Å². The average Bonchev–Trinajstić information content (AvgIpc) is 2.47. The van der Waals surface area contributed by atoms with Gasteiger partial charge in [-0.25, -0.2) is 0 Å². The lowest BCUT2D eigenvalue weighted by Gasteiger charge is -2.16. The predicted octanol–water partition coefficient (Wildman–Crippen LogP) is 1.71. The van der Waals surface area contributed by atoms with Crippen LogP contribution in [-0.2, 0) is 0 Å². The molecule has 1 unspecified atom stereocenters. The van der Waals surface area contributed by atoms with Gasteiger partial charge in [0, 0.05) is 18.3 Å². The highest BCUT2D eigenvalue weighted by Gasteiger charge is 2.11. The van der Waals surface area contributed by atoms with Gasteiger partial charge in [0.15, 0.2) is 0 Å². The Morgan fingerprint density at radius 2 is 2.20 bits per heavy atom. The topological polar surface area (TPSA) is 30.3 Å². The first-order valence-electron chi connectivity index (χ1n) is 5.37. The van der Waals surface area contributed by atoms with Crippen molar-refractivity contribution in [2.24, 2.45) is 0 Å². The van der Waals surface area contributed by atoms with Crippen LogP contribution in [0.15, 0.2) is 6.20 Å². The Labute approximate surface area is 91.8 Å². The molecule has 1 aromatic heterocycles. The van der Waals surface area contributed by atoms with Crippen LogP contribution in [-0.4, -0.2) is 41.9 Å². The molecule has 0 aliphatic carbocycles. The Morgan fingerprint density at radius 1 is 1.53 bits per heavy atom. The van der Waals surface area contributed by atoms with Crippen molar-refractivity contribution in [2.75, 3.05) is 27.2 Å². The molecule has 1 atom stereocenters. The molecule has 1 heterocycles. The van der Waals surface area contributed by atoms with Crippen LogP contribution in [0.1, 0.15) is 25.5 Å². The lowest BCUT2D eigenvalue weighted by molar-refractivity contribution is 0.297. The second kappa shape index (κ2) is 5.16. The normalized spacial score (nSPS) is 13.2. The maximum atomic E-state index is 5.43. The summed E-state index contributed by atoms with van der Waals surface area (Å²) in [5.74, 6) is 0.753. The van der Waals surface area contributed by atoms with Crippen LogP contribution in [0.5, 0.6) is 5.88 Å². The van der Waals surface area contributed by atoms with E-state index in [2.05, 4.69) is 31.0 Å². The van der Waals surface area contributed by atoms with Crippen molar-refractivity contribution < 1.29 is 4.74 Å². The van der Waals surface area contributed by atoms with Gasteiger partial charge in [-0.05, 0) is 34.9 Å². The molecule has 1 aromatic rings. The molecule has 0 aliphatic heterocycles. The molecule has 0 fully saturated rings. The SMILES string of the molecule is CCOc1nn(C(C)CN(C)C)cc1C. The van der Waals surface area contributed by atoms with Gasteiger partial charge < -0.3 is 9.64 Å². The third-order valence-electron chi connectivity index (χ3n) is 2.23. The van der Waals surface area contributed by atoms with E-state index in [1.165, 1.54) is 0 Å². The molecule has 15 heavy (non-hydrogen) atoms. The summed E-state index contributed by atoms with van der Waals surface area (Å²) in [6, 6.07) is 0.368. The highest BCUT2D eigenvalue weighted by atomic mass is 16.5. The minimum Gasteiger partial charge on any atom is -0.477 e. The van der Waals surface area contributed by atoms with E-state index >= 15 is 0 Å². The summed E-state index contributed by atoms with van der Waals surface area (Å²) in [4.78, 5) is 2.15. The Kier molecular flexibility index (Phi) is 4.15. The third-order valence-corrected chi connectivity index (χ3v) is 2.23. The number of aromatic nitrogens is 2. The summed E-state index contributed by atoms with van der Waals surface area (Å²) < 4.78 is 7.40. The first-order chi connectivity index (χ1) is 7.04. The van der Waals surface area contributed by atoms with Crippen molar-refractivity contribution in [1.29, 1.82) is 0 Å². The molecule has 4 nitrogen and oxygen atoms in total. The molecule has 0 saturated carbocycles. The summed E-state index contributed by atoms with van der Waals surface area (Å²) >= 11 is 0. The van der Waals surface area contributed by atoms with Gasteiger partial charge in [0.25, 0.3) is 0 Å². The zero-order valence-corrected chi connectivity index (χ0v) is 10.3. The number of likely N-dealkylation sites (N-methyl/N-ethyl adjacent to an activating group) is 1. The highest BCUT2D eigenvalue weighted by molar-refractivity contribution is 5.21. The molecule has 1 rings (SSSR count). The van der Waals surface area contributed by atoms with E-state index in [0.717, 1.165) is 18.0 Å². The molecular weight excluding hydrogens is 190 g/mol. The third kappa shape index (κ3) is 3.23. The van der Waals surface area contributed by atoms with E-state index in [0.29, 0.717) is 12.6 Å². The van der Waals surface area contributed by atoms with Gasteiger partial charge in [-0.3, -0.25) is 4.68 Å². The smallest absolute Gasteiger partial charge is 0.235 e. The molecule has 0 bridgehead atoms. The fourth-order valence-corrected chi connectivity index (χ4v) is 1.58. The minimum atomic E-state index is 0.368. The Morgan fingerprint density at radius 3 is 2.73 bits per heavy atom. The number of hydrogen-bond acceptors (Lipinski definition) is 3. The molecule has 0 saturated heterocycles. The molecule has 4 heteroatoms. The standard InChI is InChI=1S/C11H21N3O/c1-6-15-11-9(2)7-14(12-11)10(3)8-13(4)5/h7,10H,6,8H2,1-5H3. The average molecular weight is 211 g/mol. The number of hydrogen-bond donors (Lipinski definition) is 0. The van der Waals surface area contributed by atoms with E-state index < -0.39 is 0 Å². The monoisotopic (exact) mass is 211 g/mol. The minimum absolute atomic E-state index is 0.368. The van der Waals surface area contributed by atoms with Crippen LogP contribution in [0.4, 0.5) is 0 Å². The van der Waals surface area contributed by atoms with E-state index in [1.807, 2.05) is 24.7 Å². The van der Waals surface area contributed by atoms with Crippen LogP contribution in [0, 0.1) is 6.92 Å². The molecular formula is C11H21N3O. The largest absolute Gasteiger partial charge is 0.477 e. The Balaban J connectivity index is 2.73. The second-order valence-electron chi connectivity index (χ2n) is 4.14. The van der Waals surface area contributed by atoms with Crippen molar-refractivity contribution >= 4 is 0 Å². The predicted molar refractivity (Wildman–Crippen MR) is 61.4 cm³/mol. The van der Waals surface area contributed by atoms with Crippen molar-refractivity contribution in [3.05, 3.63) is 11.8 Å². The van der Waals surface area contributed by atoms with E-state index in [1.54, 1.807) is 0 Å². The maximum Gasteiger partial charge on any atom is 0.235 e. The second-order valence-corrected chi connectivity index (χ2v) is 4.14. The van der Waals surface area contributed by atoms with Gasteiger partial charge in [-0.15, -0.1) is 5.10 Å². The highest BCUT2D eigenvalue weighted by Crippen LogP contribution is 2.17. The van der Waals surface area contributed by atoms with Gasteiger partial charge in [0.2, 0.25) is 5.88 Å². The summed E-state index contributed by atoms with van der Waals surface area (Å²) in [5.41, 5.74) is 1.10. The van der Waals surface area contributed by atoms with Crippen molar-refractivity contribution in [3.8, 4) is 5.88 Å². The van der Waals surface area contributed by atoms with Gasteiger partial charge in [0.05, 0.1) is 12.6 Å². The maximum absolute atomic E-state index is 5.43. The number of aryl methyl sites for hydroxylation is 1. The summed E-state index contributed by atoms with van der Waals surface area (Å²) in [6.07, 6.45) is 2.04. The number of rotatable bonds is 5. The fourth-order valence-electron chi connectivity index (χ4n) is 1.58. The summed E-state index contributed by atoms with van der Waals surface area (Å²) in [6.45, 7) is 7.80. The van der Waals surface area contributed by atoms with Crippen LogP contribution in [0.2, 0.25) is 0 Å². The quantitative estimate of drug-likeness (QED) is 0.743. The van der Waals surface area contributed by atoms with Crippen LogP contribution in [0.25, 0.3) is 0 Å². The first kappa shape index (κ1) is 12.0. The van der Waals surface area contributed by atoms with E-state index in [-0.39, 0.29) is 0 Å². The van der Waals surface area contributed by atoms with Gasteiger partial charge in [-0.1, -0.05) is 0 Å². The van der Waals surface area contributed by atoms with E-state index in [4.69, 9.17) is 4.74 Å². The van der Waals surface area contributed by atoms with Crippen LogP contribution >= 0.6 is 0 Å². The molecule has 0 spiro atoms. The summed E-state index contributed by atoms with van der Waals surface area (Å²) in [7, 11) is 4.13. The van der Waals surface area contributed by atoms with Crippen molar-refractivity contribution in [2.45, 2.75) is 26.8 Å². The zero-order chi connectivity index (χ0) is 11.4. The zero-order valence-electron chi connectivity index (χ0n) is 10.3. The fraction of sp³-hybridized carbons (Fsp3) is 0.727. The Bertz CT molecular complexity index is 307. The molecule has 0 aliphatic rings. The van der Waals surface area contributed by atoms with Crippen LogP contribution in [0.3, 0.4) is 0 Å². The molecule has 0 aromatic carbocycles. The van der Waals surface area contributed by atoms with Crippen LogP contribution < -0.4 is 4.74 Å². The van der Waals surface area contributed by atoms with Crippen molar-refractivity contribution in [3.63, 3.8) is 0 Å². The molecule has 0 amide bonds. The number of nitrogens with zero attached hydrogens (tertiary/aromatic N) is 3. The number of ether oxygens (including phenoxy) is 1. The lowest BCUT2D eigenvalue weighted by atomic mass is 10.3. The molecule has 0 N–H and O–H groups in total.